The van der Waals surface area contributed by atoms with Gasteiger partial charge < -0.3 is 20.5 Å². The van der Waals surface area contributed by atoms with Gasteiger partial charge in [0.1, 0.15) is 24.7 Å². The first-order chi connectivity index (χ1) is 19.4. The number of carbonyl (C=O) groups excluding carboxylic acids is 2. The minimum Gasteiger partial charge on any atom is -0.489 e. The average Bonchev–Trinajstić information content (AvgIpc) is 2.96. The number of hydrogen-bond acceptors (Lipinski definition) is 4. The summed E-state index contributed by atoms with van der Waals surface area (Å²) in [5.74, 6) is 1.01. The minimum absolute atomic E-state index is 0.0163. The first-order valence-electron chi connectivity index (χ1n) is 13.6. The number of nitrogens with one attached hydrogen (secondary N) is 1. The quantitative estimate of drug-likeness (QED) is 0.194. The molecule has 6 nitrogen and oxygen atoms in total. The highest BCUT2D eigenvalue weighted by atomic mass is 16.5. The summed E-state index contributed by atoms with van der Waals surface area (Å²) >= 11 is 0. The first-order valence-corrected chi connectivity index (χ1v) is 13.6. The highest BCUT2D eigenvalue weighted by Gasteiger charge is 2.11. The molecular formula is C34H36N2O4. The highest BCUT2D eigenvalue weighted by Crippen LogP contribution is 2.30. The van der Waals surface area contributed by atoms with Crippen LogP contribution < -0.4 is 20.5 Å². The molecule has 0 atom stereocenters. The number of amides is 2. The fourth-order valence-corrected chi connectivity index (χ4v) is 4.53. The number of ether oxygens (including phenoxy) is 2. The smallest absolute Gasteiger partial charge is 0.248 e. The molecule has 0 aromatic heterocycles. The minimum atomic E-state index is -0.455. The molecule has 6 heteroatoms. The number of unbranched alkanes of at least 4 members (excludes halogenated alkanes) is 1. The predicted molar refractivity (Wildman–Crippen MR) is 158 cm³/mol. The van der Waals surface area contributed by atoms with Crippen molar-refractivity contribution >= 4 is 11.8 Å². The number of nitrogens with two attached hydrogens (primary N) is 1. The van der Waals surface area contributed by atoms with Gasteiger partial charge in [-0.2, -0.15) is 0 Å². The van der Waals surface area contributed by atoms with Crippen LogP contribution in [0.25, 0.3) is 11.1 Å². The Morgan fingerprint density at radius 2 is 1.57 bits per heavy atom. The lowest BCUT2D eigenvalue weighted by atomic mass is 9.97. The largest absolute Gasteiger partial charge is 0.489 e. The Morgan fingerprint density at radius 1 is 0.800 bits per heavy atom. The van der Waals surface area contributed by atoms with Crippen LogP contribution in [0.5, 0.6) is 11.5 Å². The molecule has 206 valence electrons. The zero-order chi connectivity index (χ0) is 28.3. The van der Waals surface area contributed by atoms with E-state index in [1.54, 1.807) is 12.1 Å². The number of hydrogen-bond donors (Lipinski definition) is 2. The van der Waals surface area contributed by atoms with Crippen molar-refractivity contribution < 1.29 is 19.1 Å². The molecule has 0 radical (unpaired) electrons. The standard InChI is InChI=1S/C34H36N2O4/c1-24-30(12-8-13-32(24)27-9-4-3-5-10-27)23-39-31-19-18-28(11-6-7-20-36-25(2)37)33(21-31)40-22-26-14-16-29(17-15-26)34(35)38/h3-5,8-10,12-19,21H,6-7,11,20,22-23H2,1-2H3,(H2,35,38)(H,36,37). The van der Waals surface area contributed by atoms with Crippen LogP contribution in [0.3, 0.4) is 0 Å². The van der Waals surface area contributed by atoms with Gasteiger partial charge in [0.2, 0.25) is 11.8 Å². The van der Waals surface area contributed by atoms with Crippen LogP contribution in [0.4, 0.5) is 0 Å². The first kappa shape index (κ1) is 28.4. The maximum absolute atomic E-state index is 11.4. The Kier molecular flexibility index (Phi) is 9.94. The maximum atomic E-state index is 11.4. The molecule has 40 heavy (non-hydrogen) atoms. The average molecular weight is 537 g/mol. The Labute approximate surface area is 236 Å². The van der Waals surface area contributed by atoms with E-state index in [4.69, 9.17) is 15.2 Å². The van der Waals surface area contributed by atoms with Crippen molar-refractivity contribution in [2.75, 3.05) is 6.54 Å². The van der Waals surface area contributed by atoms with Crippen molar-refractivity contribution in [1.82, 2.24) is 5.32 Å². The summed E-state index contributed by atoms with van der Waals surface area (Å²) in [7, 11) is 0. The fraction of sp³-hybridized carbons (Fsp3) is 0.235. The SMILES string of the molecule is CC(=O)NCCCCc1ccc(OCc2cccc(-c3ccccc3)c2C)cc1OCc1ccc(C(N)=O)cc1. The molecule has 3 N–H and O–H groups in total. The molecule has 4 rings (SSSR count). The number of benzene rings is 4. The van der Waals surface area contributed by atoms with Gasteiger partial charge in [-0.15, -0.1) is 0 Å². The van der Waals surface area contributed by atoms with E-state index < -0.39 is 5.91 Å². The van der Waals surface area contributed by atoms with Gasteiger partial charge in [0, 0.05) is 25.1 Å². The molecule has 4 aromatic rings. The van der Waals surface area contributed by atoms with E-state index in [0.29, 0.717) is 25.3 Å². The number of carbonyl (C=O) groups is 2. The van der Waals surface area contributed by atoms with Gasteiger partial charge in [-0.3, -0.25) is 9.59 Å². The third kappa shape index (κ3) is 7.96. The lowest BCUT2D eigenvalue weighted by Crippen LogP contribution is -2.20. The number of primary amides is 1. The molecular weight excluding hydrogens is 500 g/mol. The monoisotopic (exact) mass is 536 g/mol. The Bertz CT molecular complexity index is 1430. The third-order valence-corrected chi connectivity index (χ3v) is 6.84. The molecule has 0 bridgehead atoms. The third-order valence-electron chi connectivity index (χ3n) is 6.84. The summed E-state index contributed by atoms with van der Waals surface area (Å²) in [6.07, 6.45) is 2.60. The second kappa shape index (κ2) is 14.0. The van der Waals surface area contributed by atoms with Crippen LogP contribution >= 0.6 is 0 Å². The van der Waals surface area contributed by atoms with E-state index in [1.807, 2.05) is 48.5 Å². The number of rotatable bonds is 13. The fourth-order valence-electron chi connectivity index (χ4n) is 4.53. The van der Waals surface area contributed by atoms with E-state index >= 15 is 0 Å². The molecule has 0 fully saturated rings. The molecule has 0 aliphatic heterocycles. The highest BCUT2D eigenvalue weighted by molar-refractivity contribution is 5.92. The lowest BCUT2D eigenvalue weighted by molar-refractivity contribution is -0.118. The van der Waals surface area contributed by atoms with Gasteiger partial charge in [-0.1, -0.05) is 66.7 Å². The van der Waals surface area contributed by atoms with Crippen molar-refractivity contribution in [2.45, 2.75) is 46.3 Å². The second-order valence-corrected chi connectivity index (χ2v) is 9.80. The van der Waals surface area contributed by atoms with E-state index in [-0.39, 0.29) is 5.91 Å². The Morgan fingerprint density at radius 3 is 2.30 bits per heavy atom. The summed E-state index contributed by atoms with van der Waals surface area (Å²) in [5, 5.41) is 2.84. The molecule has 0 saturated heterocycles. The maximum Gasteiger partial charge on any atom is 0.248 e. The van der Waals surface area contributed by atoms with Crippen LogP contribution in [0.2, 0.25) is 0 Å². The van der Waals surface area contributed by atoms with Gasteiger partial charge in [-0.05, 0) is 77.8 Å². The normalized spacial score (nSPS) is 10.7. The summed E-state index contributed by atoms with van der Waals surface area (Å²) in [4.78, 5) is 22.5. The van der Waals surface area contributed by atoms with E-state index in [2.05, 4.69) is 42.6 Å². The van der Waals surface area contributed by atoms with Crippen LogP contribution in [0, 0.1) is 6.92 Å². The summed E-state index contributed by atoms with van der Waals surface area (Å²) in [6.45, 7) is 5.10. The van der Waals surface area contributed by atoms with Gasteiger partial charge >= 0.3 is 0 Å². The van der Waals surface area contributed by atoms with E-state index in [1.165, 1.54) is 23.6 Å². The molecule has 2 amide bonds. The molecule has 0 aliphatic rings. The predicted octanol–water partition coefficient (Wildman–Crippen LogP) is 6.38. The van der Waals surface area contributed by atoms with E-state index in [0.717, 1.165) is 47.5 Å². The Balaban J connectivity index is 1.47. The zero-order valence-electron chi connectivity index (χ0n) is 23.1. The lowest BCUT2D eigenvalue weighted by Gasteiger charge is -2.16. The molecule has 0 saturated carbocycles. The molecule has 4 aromatic carbocycles. The van der Waals surface area contributed by atoms with Crippen LogP contribution in [-0.2, 0) is 24.4 Å². The van der Waals surface area contributed by atoms with Gasteiger partial charge in [0.05, 0.1) is 0 Å². The van der Waals surface area contributed by atoms with Gasteiger partial charge in [-0.25, -0.2) is 0 Å². The van der Waals surface area contributed by atoms with Crippen molar-refractivity contribution in [1.29, 1.82) is 0 Å². The molecule has 0 aliphatic carbocycles. The summed E-state index contributed by atoms with van der Waals surface area (Å²) in [5.41, 5.74) is 12.5. The molecule has 0 heterocycles. The van der Waals surface area contributed by atoms with Crippen LogP contribution in [0.15, 0.2) is 91.0 Å². The second-order valence-electron chi connectivity index (χ2n) is 9.80. The zero-order valence-corrected chi connectivity index (χ0v) is 23.1. The number of aryl methyl sites for hydroxylation is 1. The Hall–Kier alpha value is -4.58. The molecule has 0 unspecified atom stereocenters. The van der Waals surface area contributed by atoms with Crippen molar-refractivity contribution in [2.24, 2.45) is 5.73 Å². The van der Waals surface area contributed by atoms with Gasteiger partial charge in [0.25, 0.3) is 0 Å². The van der Waals surface area contributed by atoms with E-state index in [9.17, 15) is 9.59 Å². The summed E-state index contributed by atoms with van der Waals surface area (Å²) in [6, 6.07) is 29.7. The summed E-state index contributed by atoms with van der Waals surface area (Å²) < 4.78 is 12.5. The van der Waals surface area contributed by atoms with Crippen molar-refractivity contribution in [3.63, 3.8) is 0 Å². The van der Waals surface area contributed by atoms with Crippen molar-refractivity contribution in [3.8, 4) is 22.6 Å². The van der Waals surface area contributed by atoms with Crippen LogP contribution in [0.1, 0.15) is 52.4 Å². The van der Waals surface area contributed by atoms with Crippen LogP contribution in [-0.4, -0.2) is 18.4 Å². The van der Waals surface area contributed by atoms with Crippen molar-refractivity contribution in [3.05, 3.63) is 119 Å². The molecule has 0 spiro atoms. The van der Waals surface area contributed by atoms with Gasteiger partial charge in [0.15, 0.2) is 0 Å². The topological polar surface area (TPSA) is 90.7 Å².